The first-order chi connectivity index (χ1) is 8.45. The first-order valence-electron chi connectivity index (χ1n) is 6.49. The zero-order valence-electron chi connectivity index (χ0n) is 11.9. The smallest absolute Gasteiger partial charge is 0.223 e. The highest BCUT2D eigenvalue weighted by atomic mass is 16.2. The highest BCUT2D eigenvalue weighted by molar-refractivity contribution is 5.76. The Kier molecular flexibility index (Phi) is 5.35. The van der Waals surface area contributed by atoms with Gasteiger partial charge in [0.2, 0.25) is 5.91 Å². The Morgan fingerprint density at radius 1 is 1.39 bits per heavy atom. The topological polar surface area (TPSA) is 46.3 Å². The summed E-state index contributed by atoms with van der Waals surface area (Å²) in [5.41, 5.74) is 9.17. The van der Waals surface area contributed by atoms with Crippen molar-refractivity contribution in [2.45, 2.75) is 39.7 Å². The summed E-state index contributed by atoms with van der Waals surface area (Å²) in [6.45, 7) is 7.51. The molecule has 0 atom stereocenters. The number of rotatable bonds is 5. The third kappa shape index (κ3) is 3.84. The van der Waals surface area contributed by atoms with Crippen molar-refractivity contribution in [2.75, 3.05) is 13.6 Å². The van der Waals surface area contributed by atoms with Gasteiger partial charge in [-0.05, 0) is 29.5 Å². The average molecular weight is 248 g/mol. The molecule has 2 N–H and O–H groups in total. The minimum Gasteiger partial charge on any atom is -0.341 e. The van der Waals surface area contributed by atoms with Crippen LogP contribution in [0.4, 0.5) is 0 Å². The van der Waals surface area contributed by atoms with E-state index in [1.54, 1.807) is 4.90 Å². The fraction of sp³-hybridized carbons (Fsp3) is 0.533. The third-order valence-electron chi connectivity index (χ3n) is 3.23. The van der Waals surface area contributed by atoms with E-state index in [1.165, 1.54) is 16.7 Å². The number of hydrogen-bond acceptors (Lipinski definition) is 2. The Balaban J connectivity index is 2.83. The minimum absolute atomic E-state index is 0.104. The molecule has 18 heavy (non-hydrogen) atoms. The van der Waals surface area contributed by atoms with Gasteiger partial charge in [-0.1, -0.05) is 32.0 Å². The number of carbonyl (C=O) groups is 1. The van der Waals surface area contributed by atoms with Crippen molar-refractivity contribution in [2.24, 2.45) is 5.73 Å². The van der Waals surface area contributed by atoms with Crippen LogP contribution >= 0.6 is 0 Å². The van der Waals surface area contributed by atoms with Crippen molar-refractivity contribution in [3.63, 3.8) is 0 Å². The van der Waals surface area contributed by atoms with E-state index >= 15 is 0 Å². The molecule has 1 amide bonds. The lowest BCUT2D eigenvalue weighted by atomic mass is 9.97. The van der Waals surface area contributed by atoms with Crippen molar-refractivity contribution in [3.8, 4) is 0 Å². The summed E-state index contributed by atoms with van der Waals surface area (Å²) < 4.78 is 0. The van der Waals surface area contributed by atoms with Gasteiger partial charge in [-0.25, -0.2) is 0 Å². The van der Waals surface area contributed by atoms with Crippen LogP contribution in [-0.2, 0) is 11.3 Å². The standard InChI is InChI=1S/C15H24N2O/c1-11(2)13-6-5-12(3)14(9-13)10-17(4)15(18)7-8-16/h5-6,9,11H,7-8,10,16H2,1-4H3. The van der Waals surface area contributed by atoms with Crippen LogP contribution in [0.15, 0.2) is 18.2 Å². The van der Waals surface area contributed by atoms with Gasteiger partial charge in [0, 0.05) is 26.6 Å². The summed E-state index contributed by atoms with van der Waals surface area (Å²) >= 11 is 0. The largest absolute Gasteiger partial charge is 0.341 e. The predicted molar refractivity (Wildman–Crippen MR) is 75.4 cm³/mol. The quantitative estimate of drug-likeness (QED) is 0.870. The van der Waals surface area contributed by atoms with Crippen LogP contribution in [0.1, 0.15) is 42.9 Å². The molecule has 1 aromatic carbocycles. The van der Waals surface area contributed by atoms with Crippen LogP contribution in [0, 0.1) is 6.92 Å². The summed E-state index contributed by atoms with van der Waals surface area (Å²) in [4.78, 5) is 13.5. The van der Waals surface area contributed by atoms with Crippen LogP contribution < -0.4 is 5.73 Å². The molecule has 0 saturated heterocycles. The molecule has 0 spiro atoms. The molecule has 0 fully saturated rings. The first kappa shape index (κ1) is 14.7. The van der Waals surface area contributed by atoms with E-state index in [0.29, 0.717) is 25.4 Å². The van der Waals surface area contributed by atoms with E-state index in [2.05, 4.69) is 39.0 Å². The number of amides is 1. The summed E-state index contributed by atoms with van der Waals surface area (Å²) in [5.74, 6) is 0.612. The summed E-state index contributed by atoms with van der Waals surface area (Å²) in [6.07, 6.45) is 0.416. The number of carbonyl (C=O) groups excluding carboxylic acids is 1. The molecule has 3 nitrogen and oxygen atoms in total. The molecule has 1 rings (SSSR count). The lowest BCUT2D eigenvalue weighted by Crippen LogP contribution is -2.28. The molecule has 0 aliphatic heterocycles. The van der Waals surface area contributed by atoms with Crippen LogP contribution in [0.3, 0.4) is 0 Å². The maximum atomic E-state index is 11.7. The fourth-order valence-corrected chi connectivity index (χ4v) is 1.88. The fourth-order valence-electron chi connectivity index (χ4n) is 1.88. The first-order valence-corrected chi connectivity index (χ1v) is 6.49. The summed E-state index contributed by atoms with van der Waals surface area (Å²) in [7, 11) is 1.83. The second-order valence-electron chi connectivity index (χ2n) is 5.13. The summed E-state index contributed by atoms with van der Waals surface area (Å²) in [5, 5.41) is 0. The van der Waals surface area contributed by atoms with Gasteiger partial charge < -0.3 is 10.6 Å². The van der Waals surface area contributed by atoms with Gasteiger partial charge >= 0.3 is 0 Å². The van der Waals surface area contributed by atoms with E-state index < -0.39 is 0 Å². The monoisotopic (exact) mass is 248 g/mol. The summed E-state index contributed by atoms with van der Waals surface area (Å²) in [6, 6.07) is 6.49. The Hall–Kier alpha value is -1.35. The molecule has 0 bridgehead atoms. The molecule has 0 unspecified atom stereocenters. The van der Waals surface area contributed by atoms with Gasteiger partial charge in [-0.3, -0.25) is 4.79 Å². The van der Waals surface area contributed by atoms with Crippen molar-refractivity contribution in [1.29, 1.82) is 0 Å². The van der Waals surface area contributed by atoms with Crippen LogP contribution in [0.5, 0.6) is 0 Å². The van der Waals surface area contributed by atoms with Crippen molar-refractivity contribution in [3.05, 3.63) is 34.9 Å². The maximum absolute atomic E-state index is 11.7. The molecule has 1 aromatic rings. The number of nitrogens with zero attached hydrogens (tertiary/aromatic N) is 1. The average Bonchev–Trinajstić information content (AvgIpc) is 2.31. The van der Waals surface area contributed by atoms with Crippen molar-refractivity contribution in [1.82, 2.24) is 4.90 Å². The second-order valence-corrected chi connectivity index (χ2v) is 5.13. The number of aryl methyl sites for hydroxylation is 1. The molecule has 0 heterocycles. The predicted octanol–water partition coefficient (Wildman–Crippen LogP) is 2.43. The van der Waals surface area contributed by atoms with E-state index in [-0.39, 0.29) is 5.91 Å². The van der Waals surface area contributed by atoms with Gasteiger partial charge in [0.15, 0.2) is 0 Å². The maximum Gasteiger partial charge on any atom is 0.223 e. The van der Waals surface area contributed by atoms with E-state index in [0.717, 1.165) is 0 Å². The Morgan fingerprint density at radius 2 is 2.06 bits per heavy atom. The molecule has 100 valence electrons. The number of hydrogen-bond donors (Lipinski definition) is 1. The molecule has 0 aromatic heterocycles. The molecular weight excluding hydrogens is 224 g/mol. The highest BCUT2D eigenvalue weighted by Crippen LogP contribution is 2.19. The molecule has 0 radical (unpaired) electrons. The van der Waals surface area contributed by atoms with Gasteiger partial charge in [0.1, 0.15) is 0 Å². The second kappa shape index (κ2) is 6.55. The van der Waals surface area contributed by atoms with Gasteiger partial charge in [-0.2, -0.15) is 0 Å². The van der Waals surface area contributed by atoms with Gasteiger partial charge in [-0.15, -0.1) is 0 Å². The Morgan fingerprint density at radius 3 is 2.61 bits per heavy atom. The molecule has 0 aliphatic carbocycles. The van der Waals surface area contributed by atoms with Gasteiger partial charge in [0.05, 0.1) is 0 Å². The SMILES string of the molecule is Cc1ccc(C(C)C)cc1CN(C)C(=O)CCN. The Labute approximate surface area is 110 Å². The molecule has 0 saturated carbocycles. The van der Waals surface area contributed by atoms with Crippen molar-refractivity contribution < 1.29 is 4.79 Å². The van der Waals surface area contributed by atoms with E-state index in [4.69, 9.17) is 5.73 Å². The minimum atomic E-state index is 0.104. The zero-order chi connectivity index (χ0) is 13.7. The van der Waals surface area contributed by atoms with E-state index in [1.807, 2.05) is 7.05 Å². The molecule has 0 aliphatic rings. The van der Waals surface area contributed by atoms with Crippen LogP contribution in [-0.4, -0.2) is 24.4 Å². The zero-order valence-corrected chi connectivity index (χ0v) is 11.9. The van der Waals surface area contributed by atoms with Crippen LogP contribution in [0.25, 0.3) is 0 Å². The highest BCUT2D eigenvalue weighted by Gasteiger charge is 2.10. The van der Waals surface area contributed by atoms with Gasteiger partial charge in [0.25, 0.3) is 0 Å². The molecular formula is C15H24N2O. The molecule has 3 heteroatoms. The number of benzene rings is 1. The number of nitrogens with two attached hydrogens (primary N) is 1. The Bertz CT molecular complexity index is 413. The van der Waals surface area contributed by atoms with Crippen molar-refractivity contribution >= 4 is 5.91 Å². The normalized spacial score (nSPS) is 10.8. The lowest BCUT2D eigenvalue weighted by molar-refractivity contribution is -0.130. The third-order valence-corrected chi connectivity index (χ3v) is 3.23. The van der Waals surface area contributed by atoms with E-state index in [9.17, 15) is 4.79 Å². The lowest BCUT2D eigenvalue weighted by Gasteiger charge is -2.19. The van der Waals surface area contributed by atoms with Crippen LogP contribution in [0.2, 0.25) is 0 Å².